The van der Waals surface area contributed by atoms with Crippen molar-refractivity contribution in [3.63, 3.8) is 0 Å². The number of amides is 4. The zero-order chi connectivity index (χ0) is 32.6. The number of hydrogen-bond donors (Lipinski definition) is 3. The minimum atomic E-state index is -5.22. The first kappa shape index (κ1) is 33.7. The van der Waals surface area contributed by atoms with Crippen LogP contribution in [0.5, 0.6) is 0 Å². The van der Waals surface area contributed by atoms with Gasteiger partial charge in [0.1, 0.15) is 24.2 Å². The van der Waals surface area contributed by atoms with Gasteiger partial charge in [0.2, 0.25) is 17.7 Å². The van der Waals surface area contributed by atoms with Gasteiger partial charge in [-0.2, -0.15) is 13.2 Å². The van der Waals surface area contributed by atoms with Crippen LogP contribution in [0.25, 0.3) is 0 Å². The van der Waals surface area contributed by atoms with Crippen LogP contribution in [0.1, 0.15) is 38.7 Å². The van der Waals surface area contributed by atoms with Crippen LogP contribution in [0.15, 0.2) is 72.8 Å². The summed E-state index contributed by atoms with van der Waals surface area (Å²) in [7, 11) is 0. The quantitative estimate of drug-likeness (QED) is 0.327. The van der Waals surface area contributed by atoms with Gasteiger partial charge in [0.05, 0.1) is 6.61 Å². The van der Waals surface area contributed by atoms with Crippen molar-refractivity contribution < 1.29 is 41.8 Å². The summed E-state index contributed by atoms with van der Waals surface area (Å²) >= 11 is 0. The minimum Gasteiger partial charge on any atom is -0.347 e. The number of nitrogens with zero attached hydrogens (tertiary/aromatic N) is 1. The van der Waals surface area contributed by atoms with E-state index in [9.17, 15) is 32.3 Å². The molecule has 4 amide bonds. The highest BCUT2D eigenvalue weighted by atomic mass is 19.4. The predicted octanol–water partition coefficient (Wildman–Crippen LogP) is 3.49. The van der Waals surface area contributed by atoms with Crippen LogP contribution in [0, 0.1) is 0 Å². The van der Waals surface area contributed by atoms with Crippen LogP contribution in [-0.2, 0) is 35.1 Å². The molecule has 0 spiro atoms. The molecule has 2 saturated heterocycles. The number of ether oxygens (including phenoxy) is 2. The molecule has 2 aromatic rings. The Balaban J connectivity index is 1.54. The summed E-state index contributed by atoms with van der Waals surface area (Å²) in [5.74, 6) is -5.03. The van der Waals surface area contributed by atoms with Crippen LogP contribution in [-0.4, -0.2) is 77.9 Å². The Morgan fingerprint density at radius 3 is 2.29 bits per heavy atom. The van der Waals surface area contributed by atoms with E-state index in [4.69, 9.17) is 9.47 Å². The van der Waals surface area contributed by atoms with Gasteiger partial charge in [-0.25, -0.2) is 0 Å². The van der Waals surface area contributed by atoms with Crippen molar-refractivity contribution >= 4 is 29.3 Å². The number of halogens is 3. The molecular formula is C32H37F3N4O6. The van der Waals surface area contributed by atoms with E-state index in [1.165, 1.54) is 4.90 Å². The smallest absolute Gasteiger partial charge is 0.347 e. The van der Waals surface area contributed by atoms with Gasteiger partial charge in [-0.1, -0.05) is 60.7 Å². The molecule has 0 unspecified atom stereocenters. The van der Waals surface area contributed by atoms with Crippen LogP contribution in [0.3, 0.4) is 0 Å². The molecule has 45 heavy (non-hydrogen) atoms. The van der Waals surface area contributed by atoms with Crippen LogP contribution in [0.2, 0.25) is 0 Å². The number of alkyl halides is 3. The summed E-state index contributed by atoms with van der Waals surface area (Å²) in [5.41, 5.74) is 1.06. The number of anilines is 1. The standard InChI is InChI=1S/C32H37F3N4O6/c1-31(2)44-20-23(45-31)15-9-16-24(29(42)39-18-10-17-26(39)28(41)36-22-13-7-4-8-14-22)37-27(40)25(38-30(43)32(33,34)35)19-21-11-5-3-6-12-21/h3-9,11-15,23-26H,10,16-20H2,1-2H3,(H,36,41)(H,37,40)(H,38,43)/b15-9-/t23-,24+,25-,26-/m0/s1. The van der Waals surface area contributed by atoms with Gasteiger partial charge < -0.3 is 30.3 Å². The average Bonchev–Trinajstić information content (AvgIpc) is 3.62. The zero-order valence-corrected chi connectivity index (χ0v) is 25.0. The fraction of sp³-hybridized carbons (Fsp3) is 0.438. The molecule has 2 aliphatic rings. The minimum absolute atomic E-state index is 0.0559. The average molecular weight is 631 g/mol. The molecule has 0 radical (unpaired) electrons. The highest BCUT2D eigenvalue weighted by Crippen LogP contribution is 2.24. The third kappa shape index (κ3) is 9.63. The number of carbonyl (C=O) groups excluding carboxylic acids is 4. The second kappa shape index (κ2) is 14.7. The van der Waals surface area contributed by atoms with Crippen molar-refractivity contribution in [2.75, 3.05) is 18.5 Å². The van der Waals surface area contributed by atoms with Crippen LogP contribution >= 0.6 is 0 Å². The lowest BCUT2D eigenvalue weighted by atomic mass is 10.0. The molecule has 0 aliphatic carbocycles. The van der Waals surface area contributed by atoms with Crippen LogP contribution < -0.4 is 16.0 Å². The van der Waals surface area contributed by atoms with Crippen molar-refractivity contribution in [2.45, 2.75) is 75.7 Å². The fourth-order valence-corrected chi connectivity index (χ4v) is 5.22. The normalized spacial score (nSPS) is 20.9. The maximum absolute atomic E-state index is 13.9. The summed E-state index contributed by atoms with van der Waals surface area (Å²) in [4.78, 5) is 53.8. The van der Waals surface area contributed by atoms with E-state index in [1.54, 1.807) is 92.0 Å². The zero-order valence-electron chi connectivity index (χ0n) is 25.0. The SMILES string of the molecule is CC1(C)OC[C@H](/C=C\C[C@@H](NC(=O)[C@H](Cc2ccccc2)NC(=O)C(F)(F)F)C(=O)N2CCC[C@H]2C(=O)Nc2ccccc2)O1. The highest BCUT2D eigenvalue weighted by Gasteiger charge is 2.42. The Morgan fingerprint density at radius 2 is 1.67 bits per heavy atom. The molecule has 2 aromatic carbocycles. The Morgan fingerprint density at radius 1 is 1.00 bits per heavy atom. The summed E-state index contributed by atoms with van der Waals surface area (Å²) < 4.78 is 50.8. The number of benzene rings is 2. The topological polar surface area (TPSA) is 126 Å². The molecule has 242 valence electrons. The molecule has 4 rings (SSSR count). The first-order chi connectivity index (χ1) is 21.3. The number of likely N-dealkylation sites (tertiary alicyclic amines) is 1. The van der Waals surface area contributed by atoms with E-state index in [2.05, 4.69) is 10.6 Å². The monoisotopic (exact) mass is 630 g/mol. The van der Waals surface area contributed by atoms with Gasteiger partial charge in [-0.15, -0.1) is 0 Å². The predicted molar refractivity (Wildman–Crippen MR) is 159 cm³/mol. The van der Waals surface area contributed by atoms with Crippen molar-refractivity contribution in [1.82, 2.24) is 15.5 Å². The second-order valence-corrected chi connectivity index (χ2v) is 11.4. The van der Waals surface area contributed by atoms with Crippen molar-refractivity contribution in [2.24, 2.45) is 0 Å². The maximum atomic E-state index is 13.9. The van der Waals surface area contributed by atoms with E-state index in [-0.39, 0.29) is 26.0 Å². The Hall–Kier alpha value is -4.23. The van der Waals surface area contributed by atoms with Gasteiger partial charge in [-0.3, -0.25) is 19.2 Å². The molecule has 0 saturated carbocycles. The molecular weight excluding hydrogens is 593 g/mol. The van der Waals surface area contributed by atoms with E-state index >= 15 is 0 Å². The van der Waals surface area contributed by atoms with Gasteiger partial charge in [0, 0.05) is 18.7 Å². The molecule has 2 fully saturated rings. The summed E-state index contributed by atoms with van der Waals surface area (Å²) in [6, 6.07) is 13.3. The number of carbonyl (C=O) groups is 4. The van der Waals surface area contributed by atoms with Gasteiger partial charge in [0.15, 0.2) is 5.79 Å². The van der Waals surface area contributed by atoms with E-state index in [1.807, 2.05) is 0 Å². The van der Waals surface area contributed by atoms with E-state index in [0.29, 0.717) is 24.1 Å². The van der Waals surface area contributed by atoms with Crippen molar-refractivity contribution in [3.8, 4) is 0 Å². The number of para-hydroxylation sites is 1. The highest BCUT2D eigenvalue weighted by molar-refractivity contribution is 5.99. The first-order valence-corrected chi connectivity index (χ1v) is 14.7. The molecule has 3 N–H and O–H groups in total. The Kier molecular flexibility index (Phi) is 11.0. The molecule has 2 aliphatic heterocycles. The molecule has 2 heterocycles. The van der Waals surface area contributed by atoms with Crippen LogP contribution in [0.4, 0.5) is 18.9 Å². The second-order valence-electron chi connectivity index (χ2n) is 11.4. The maximum Gasteiger partial charge on any atom is 0.471 e. The number of nitrogens with one attached hydrogen (secondary N) is 3. The molecule has 0 bridgehead atoms. The fourth-order valence-electron chi connectivity index (χ4n) is 5.22. The van der Waals surface area contributed by atoms with E-state index in [0.717, 1.165) is 0 Å². The number of rotatable bonds is 11. The lowest BCUT2D eigenvalue weighted by molar-refractivity contribution is -0.174. The summed E-state index contributed by atoms with van der Waals surface area (Å²) in [6.45, 7) is 4.02. The molecule has 4 atom stereocenters. The van der Waals surface area contributed by atoms with Gasteiger partial charge >= 0.3 is 12.1 Å². The van der Waals surface area contributed by atoms with Gasteiger partial charge in [0.25, 0.3) is 0 Å². The van der Waals surface area contributed by atoms with Crippen molar-refractivity contribution in [1.29, 1.82) is 0 Å². The lowest BCUT2D eigenvalue weighted by Crippen LogP contribution is -2.57. The van der Waals surface area contributed by atoms with Crippen molar-refractivity contribution in [3.05, 3.63) is 78.4 Å². The third-order valence-electron chi connectivity index (χ3n) is 7.41. The largest absolute Gasteiger partial charge is 0.471 e. The van der Waals surface area contributed by atoms with E-state index < -0.39 is 59.8 Å². The summed E-state index contributed by atoms with van der Waals surface area (Å²) in [6.07, 6.45) is -1.72. The Labute approximate surface area is 259 Å². The lowest BCUT2D eigenvalue weighted by Gasteiger charge is -2.29. The first-order valence-electron chi connectivity index (χ1n) is 14.7. The summed E-state index contributed by atoms with van der Waals surface area (Å²) in [5, 5.41) is 7.12. The molecule has 13 heteroatoms. The molecule has 0 aromatic heterocycles. The third-order valence-corrected chi connectivity index (χ3v) is 7.41. The van der Waals surface area contributed by atoms with Gasteiger partial charge in [-0.05, 0) is 50.8 Å². The number of hydrogen-bond acceptors (Lipinski definition) is 6. The Bertz CT molecular complexity index is 1370. The molecule has 10 nitrogen and oxygen atoms in total.